The van der Waals surface area contributed by atoms with E-state index in [1.54, 1.807) is 6.33 Å². The summed E-state index contributed by atoms with van der Waals surface area (Å²) in [6.07, 6.45) is 3.12. The van der Waals surface area contributed by atoms with E-state index in [-0.39, 0.29) is 18.2 Å². The summed E-state index contributed by atoms with van der Waals surface area (Å²) in [5.41, 5.74) is 1.06. The lowest BCUT2D eigenvalue weighted by atomic mass is 10.1. The molecule has 2 unspecified atom stereocenters. The third-order valence-corrected chi connectivity index (χ3v) is 4.13. The highest BCUT2D eigenvalue weighted by molar-refractivity contribution is 5.74. The van der Waals surface area contributed by atoms with Crippen LogP contribution in [0, 0.1) is 0 Å². The third-order valence-electron chi connectivity index (χ3n) is 4.13. The van der Waals surface area contributed by atoms with Crippen LogP contribution in [-0.2, 0) is 17.7 Å². The predicted molar refractivity (Wildman–Crippen MR) is 89.5 cm³/mol. The highest BCUT2D eigenvalue weighted by atomic mass is 16.5. The lowest BCUT2D eigenvalue weighted by molar-refractivity contribution is 0.0638. The number of aryl methyl sites for hydroxylation is 1. The highest BCUT2D eigenvalue weighted by Gasteiger charge is 2.21. The second-order valence-electron chi connectivity index (χ2n) is 5.80. The Morgan fingerprint density at radius 1 is 1.42 bits per heavy atom. The summed E-state index contributed by atoms with van der Waals surface area (Å²) >= 11 is 0. The van der Waals surface area contributed by atoms with Gasteiger partial charge in [0.15, 0.2) is 0 Å². The average Bonchev–Trinajstić information content (AvgIpc) is 3.07. The van der Waals surface area contributed by atoms with Gasteiger partial charge >= 0.3 is 6.03 Å². The molecule has 1 aliphatic heterocycles. The number of hydrogen-bond acceptors (Lipinski definition) is 4. The Labute approximate surface area is 141 Å². The molecule has 0 radical (unpaired) electrons. The van der Waals surface area contributed by atoms with Crippen LogP contribution in [0.25, 0.3) is 0 Å². The average molecular weight is 329 g/mol. The summed E-state index contributed by atoms with van der Waals surface area (Å²) in [6.45, 7) is 3.65. The largest absolute Gasteiger partial charge is 0.372 e. The van der Waals surface area contributed by atoms with Gasteiger partial charge in [-0.2, -0.15) is 5.10 Å². The Bertz CT molecular complexity index is 658. The molecule has 0 aliphatic carbocycles. The van der Waals surface area contributed by atoms with E-state index in [0.717, 1.165) is 24.2 Å². The van der Waals surface area contributed by atoms with E-state index in [1.807, 2.05) is 41.9 Å². The molecule has 128 valence electrons. The molecule has 2 heterocycles. The summed E-state index contributed by atoms with van der Waals surface area (Å²) in [5.74, 6) is 0.981. The number of nitrogens with zero attached hydrogens (tertiary/aromatic N) is 3. The lowest BCUT2D eigenvalue weighted by Crippen LogP contribution is -2.47. The summed E-state index contributed by atoms with van der Waals surface area (Å²) in [6, 6.07) is 9.82. The second-order valence-corrected chi connectivity index (χ2v) is 5.80. The van der Waals surface area contributed by atoms with Gasteiger partial charge in [-0.05, 0) is 18.9 Å². The number of aromatic nitrogens is 3. The normalized spacial score (nSPS) is 17.8. The van der Waals surface area contributed by atoms with Crippen LogP contribution in [0.15, 0.2) is 36.7 Å². The van der Waals surface area contributed by atoms with Gasteiger partial charge in [0.25, 0.3) is 0 Å². The first-order valence-corrected chi connectivity index (χ1v) is 8.34. The molecular formula is C17H23N5O2. The first-order chi connectivity index (χ1) is 11.8. The lowest BCUT2D eigenvalue weighted by Gasteiger charge is -2.24. The molecule has 2 N–H and O–H groups in total. The fraction of sp³-hybridized carbons (Fsp3) is 0.471. The SMILES string of the molecule is CCOC(CNC(=O)NC1CCc2ncnn2C1)c1ccccc1. The second kappa shape index (κ2) is 7.92. The van der Waals surface area contributed by atoms with E-state index in [4.69, 9.17) is 4.74 Å². The van der Waals surface area contributed by atoms with Crippen molar-refractivity contribution in [3.8, 4) is 0 Å². The third kappa shape index (κ3) is 4.11. The van der Waals surface area contributed by atoms with Crippen molar-refractivity contribution < 1.29 is 9.53 Å². The summed E-state index contributed by atoms with van der Waals surface area (Å²) < 4.78 is 7.59. The van der Waals surface area contributed by atoms with Crippen molar-refractivity contribution in [3.63, 3.8) is 0 Å². The van der Waals surface area contributed by atoms with E-state index in [1.165, 1.54) is 0 Å². The topological polar surface area (TPSA) is 81.1 Å². The van der Waals surface area contributed by atoms with Crippen molar-refractivity contribution in [3.05, 3.63) is 48.0 Å². The van der Waals surface area contributed by atoms with Crippen molar-refractivity contribution in [2.45, 2.75) is 38.5 Å². The molecule has 0 bridgehead atoms. The minimum atomic E-state index is -0.177. The zero-order valence-corrected chi connectivity index (χ0v) is 13.8. The standard InChI is InChI=1S/C17H23N5O2/c1-2-24-15(13-6-4-3-5-7-13)10-18-17(23)21-14-8-9-16-19-12-20-22(16)11-14/h3-7,12,14-15H,2,8-11H2,1H3,(H2,18,21,23). The zero-order chi connectivity index (χ0) is 16.8. The molecule has 0 saturated heterocycles. The smallest absolute Gasteiger partial charge is 0.315 e. The molecular weight excluding hydrogens is 306 g/mol. The fourth-order valence-corrected chi connectivity index (χ4v) is 2.92. The zero-order valence-electron chi connectivity index (χ0n) is 13.8. The van der Waals surface area contributed by atoms with Crippen LogP contribution in [0.3, 0.4) is 0 Å². The van der Waals surface area contributed by atoms with Crippen molar-refractivity contribution in [2.75, 3.05) is 13.2 Å². The maximum Gasteiger partial charge on any atom is 0.315 e. The van der Waals surface area contributed by atoms with E-state index in [2.05, 4.69) is 20.7 Å². The molecule has 3 rings (SSSR count). The monoisotopic (exact) mass is 329 g/mol. The van der Waals surface area contributed by atoms with E-state index < -0.39 is 0 Å². The minimum absolute atomic E-state index is 0.0708. The number of benzene rings is 1. The number of amides is 2. The van der Waals surface area contributed by atoms with Gasteiger partial charge in [0.05, 0.1) is 18.7 Å². The quantitative estimate of drug-likeness (QED) is 0.845. The van der Waals surface area contributed by atoms with Gasteiger partial charge in [0.2, 0.25) is 0 Å². The van der Waals surface area contributed by atoms with Gasteiger partial charge in [-0.1, -0.05) is 30.3 Å². The molecule has 7 heteroatoms. The van der Waals surface area contributed by atoms with E-state index in [9.17, 15) is 4.79 Å². The number of fused-ring (bicyclic) bond motifs is 1. The van der Waals surface area contributed by atoms with Crippen LogP contribution in [0.5, 0.6) is 0 Å². The molecule has 0 fully saturated rings. The fourth-order valence-electron chi connectivity index (χ4n) is 2.92. The molecule has 0 spiro atoms. The van der Waals surface area contributed by atoms with Gasteiger partial charge in [0, 0.05) is 19.6 Å². The Hall–Kier alpha value is -2.41. The van der Waals surface area contributed by atoms with Crippen LogP contribution >= 0.6 is 0 Å². The Kier molecular flexibility index (Phi) is 5.43. The predicted octanol–water partition coefficient (Wildman–Crippen LogP) is 1.67. The number of nitrogens with one attached hydrogen (secondary N) is 2. The van der Waals surface area contributed by atoms with Gasteiger partial charge in [-0.15, -0.1) is 0 Å². The number of ether oxygens (including phenoxy) is 1. The van der Waals surface area contributed by atoms with E-state index in [0.29, 0.717) is 19.7 Å². The number of carbonyl (C=O) groups is 1. The number of rotatable bonds is 6. The first kappa shape index (κ1) is 16.4. The van der Waals surface area contributed by atoms with Crippen molar-refractivity contribution in [2.24, 2.45) is 0 Å². The van der Waals surface area contributed by atoms with Crippen LogP contribution in [0.1, 0.15) is 30.8 Å². The minimum Gasteiger partial charge on any atom is -0.372 e. The van der Waals surface area contributed by atoms with Gasteiger partial charge in [-0.25, -0.2) is 14.5 Å². The Morgan fingerprint density at radius 2 is 2.25 bits per heavy atom. The van der Waals surface area contributed by atoms with Gasteiger partial charge in [0.1, 0.15) is 12.2 Å². The van der Waals surface area contributed by atoms with Crippen molar-refractivity contribution in [1.82, 2.24) is 25.4 Å². The maximum absolute atomic E-state index is 12.2. The van der Waals surface area contributed by atoms with Crippen LogP contribution in [0.4, 0.5) is 4.79 Å². The summed E-state index contributed by atoms with van der Waals surface area (Å²) in [7, 11) is 0. The van der Waals surface area contributed by atoms with E-state index >= 15 is 0 Å². The molecule has 2 aromatic rings. The molecule has 1 aromatic heterocycles. The Balaban J connectivity index is 1.49. The Morgan fingerprint density at radius 3 is 3.04 bits per heavy atom. The van der Waals surface area contributed by atoms with Crippen LogP contribution < -0.4 is 10.6 Å². The summed E-state index contributed by atoms with van der Waals surface area (Å²) in [4.78, 5) is 16.4. The molecule has 0 saturated carbocycles. The van der Waals surface area contributed by atoms with Gasteiger partial charge in [-0.3, -0.25) is 0 Å². The molecule has 24 heavy (non-hydrogen) atoms. The van der Waals surface area contributed by atoms with Crippen molar-refractivity contribution >= 4 is 6.03 Å². The van der Waals surface area contributed by atoms with Gasteiger partial charge < -0.3 is 15.4 Å². The molecule has 1 aliphatic rings. The maximum atomic E-state index is 12.2. The molecule has 2 atom stereocenters. The first-order valence-electron chi connectivity index (χ1n) is 8.34. The number of hydrogen-bond donors (Lipinski definition) is 2. The molecule has 1 aromatic carbocycles. The van der Waals surface area contributed by atoms with Crippen LogP contribution in [0.2, 0.25) is 0 Å². The number of carbonyl (C=O) groups excluding carboxylic acids is 1. The highest BCUT2D eigenvalue weighted by Crippen LogP contribution is 2.16. The van der Waals surface area contributed by atoms with Crippen LogP contribution in [-0.4, -0.2) is 40.0 Å². The molecule has 7 nitrogen and oxygen atoms in total. The number of urea groups is 1. The molecule has 2 amide bonds. The summed E-state index contributed by atoms with van der Waals surface area (Å²) in [5, 5.41) is 10.1. The van der Waals surface area contributed by atoms with Crippen molar-refractivity contribution in [1.29, 1.82) is 0 Å².